The quantitative estimate of drug-likeness (QED) is 0.796. The molecular formula is C14H21NO5. The zero-order valence-electron chi connectivity index (χ0n) is 12.5. The van der Waals surface area contributed by atoms with Gasteiger partial charge in [-0.25, -0.2) is 4.79 Å². The van der Waals surface area contributed by atoms with Crippen LogP contribution in [0, 0.1) is 0 Å². The largest absolute Gasteiger partial charge is 0.496 e. The van der Waals surface area contributed by atoms with Crippen LogP contribution >= 0.6 is 0 Å². The highest BCUT2D eigenvalue weighted by Gasteiger charge is 2.36. The van der Waals surface area contributed by atoms with Gasteiger partial charge in [0, 0.05) is 11.6 Å². The van der Waals surface area contributed by atoms with Crippen molar-refractivity contribution in [3.63, 3.8) is 0 Å². The SMILES string of the molecule is CCOC(=O)C(C)(N)c1cc(OC)c(OC)cc1OC. The van der Waals surface area contributed by atoms with Gasteiger partial charge in [0.05, 0.1) is 27.9 Å². The number of ether oxygens (including phenoxy) is 4. The number of esters is 1. The highest BCUT2D eigenvalue weighted by Crippen LogP contribution is 2.39. The summed E-state index contributed by atoms with van der Waals surface area (Å²) in [6.45, 7) is 3.54. The van der Waals surface area contributed by atoms with Crippen LogP contribution in [-0.2, 0) is 15.1 Å². The molecule has 2 N–H and O–H groups in total. The fraction of sp³-hybridized carbons (Fsp3) is 0.500. The Morgan fingerprint density at radius 2 is 1.60 bits per heavy atom. The lowest BCUT2D eigenvalue weighted by Crippen LogP contribution is -2.43. The lowest BCUT2D eigenvalue weighted by Gasteiger charge is -2.25. The van der Waals surface area contributed by atoms with E-state index in [9.17, 15) is 4.79 Å². The van der Waals surface area contributed by atoms with Gasteiger partial charge in [-0.2, -0.15) is 0 Å². The maximum Gasteiger partial charge on any atom is 0.330 e. The highest BCUT2D eigenvalue weighted by atomic mass is 16.5. The molecule has 1 unspecified atom stereocenters. The van der Waals surface area contributed by atoms with Crippen LogP contribution < -0.4 is 19.9 Å². The second-order valence-corrected chi connectivity index (χ2v) is 4.33. The smallest absolute Gasteiger partial charge is 0.330 e. The number of methoxy groups -OCH3 is 3. The van der Waals surface area contributed by atoms with E-state index in [1.807, 2.05) is 0 Å². The predicted molar refractivity (Wildman–Crippen MR) is 74.3 cm³/mol. The van der Waals surface area contributed by atoms with Crippen molar-refractivity contribution in [2.75, 3.05) is 27.9 Å². The summed E-state index contributed by atoms with van der Waals surface area (Å²) in [5.74, 6) is 0.850. The second kappa shape index (κ2) is 6.47. The molecule has 0 fully saturated rings. The number of hydrogen-bond acceptors (Lipinski definition) is 6. The molecule has 1 rings (SSSR count). The Morgan fingerprint density at radius 3 is 2.05 bits per heavy atom. The van der Waals surface area contributed by atoms with E-state index in [1.165, 1.54) is 21.3 Å². The van der Waals surface area contributed by atoms with Gasteiger partial charge in [0.25, 0.3) is 0 Å². The molecule has 0 radical (unpaired) electrons. The lowest BCUT2D eigenvalue weighted by atomic mass is 9.92. The van der Waals surface area contributed by atoms with Gasteiger partial charge >= 0.3 is 5.97 Å². The van der Waals surface area contributed by atoms with Crippen molar-refractivity contribution < 1.29 is 23.7 Å². The molecule has 6 nitrogen and oxygen atoms in total. The summed E-state index contributed by atoms with van der Waals surface area (Å²) >= 11 is 0. The first-order chi connectivity index (χ1) is 9.42. The standard InChI is InChI=1S/C14H21NO5/c1-6-20-13(16)14(2,15)9-7-11(18-4)12(19-5)8-10(9)17-3/h7-8H,6,15H2,1-5H3. The monoisotopic (exact) mass is 283 g/mol. The molecule has 112 valence electrons. The molecule has 1 atom stereocenters. The molecular weight excluding hydrogens is 262 g/mol. The first-order valence-corrected chi connectivity index (χ1v) is 6.18. The topological polar surface area (TPSA) is 80.0 Å². The molecule has 0 saturated heterocycles. The maximum atomic E-state index is 12.0. The van der Waals surface area contributed by atoms with Gasteiger partial charge in [-0.15, -0.1) is 0 Å². The molecule has 0 aromatic heterocycles. The van der Waals surface area contributed by atoms with E-state index < -0.39 is 11.5 Å². The summed E-state index contributed by atoms with van der Waals surface area (Å²) in [6, 6.07) is 3.24. The molecule has 1 aromatic carbocycles. The third kappa shape index (κ3) is 2.96. The molecule has 0 aliphatic rings. The fourth-order valence-electron chi connectivity index (χ4n) is 1.83. The Kier molecular flexibility index (Phi) is 5.21. The van der Waals surface area contributed by atoms with E-state index in [0.29, 0.717) is 22.8 Å². The lowest BCUT2D eigenvalue weighted by molar-refractivity contribution is -0.149. The maximum absolute atomic E-state index is 12.0. The van der Waals surface area contributed by atoms with Crippen molar-refractivity contribution in [2.45, 2.75) is 19.4 Å². The molecule has 1 aromatic rings. The Balaban J connectivity index is 3.38. The van der Waals surface area contributed by atoms with Crippen molar-refractivity contribution in [3.05, 3.63) is 17.7 Å². The van der Waals surface area contributed by atoms with Crippen LogP contribution in [-0.4, -0.2) is 33.9 Å². The molecule has 0 aliphatic heterocycles. The minimum absolute atomic E-state index is 0.251. The van der Waals surface area contributed by atoms with Gasteiger partial charge in [-0.3, -0.25) is 0 Å². The van der Waals surface area contributed by atoms with Crippen molar-refractivity contribution in [2.24, 2.45) is 5.73 Å². The molecule has 0 bridgehead atoms. The summed E-state index contributed by atoms with van der Waals surface area (Å²) in [5, 5.41) is 0. The summed E-state index contributed by atoms with van der Waals surface area (Å²) in [5.41, 5.74) is 5.23. The van der Waals surface area contributed by atoms with Crippen LogP contribution in [0.1, 0.15) is 19.4 Å². The van der Waals surface area contributed by atoms with Crippen LogP contribution in [0.2, 0.25) is 0 Å². The van der Waals surface area contributed by atoms with Crippen LogP contribution in [0.25, 0.3) is 0 Å². The average molecular weight is 283 g/mol. The van der Waals surface area contributed by atoms with Crippen molar-refractivity contribution in [1.82, 2.24) is 0 Å². The van der Waals surface area contributed by atoms with Gasteiger partial charge in [0.15, 0.2) is 11.5 Å². The molecule has 0 heterocycles. The number of hydrogen-bond donors (Lipinski definition) is 1. The van der Waals surface area contributed by atoms with E-state index >= 15 is 0 Å². The van der Waals surface area contributed by atoms with E-state index in [2.05, 4.69) is 0 Å². The summed E-state index contributed by atoms with van der Waals surface area (Å²) in [7, 11) is 4.52. The van der Waals surface area contributed by atoms with Crippen LogP contribution in [0.5, 0.6) is 17.2 Å². The average Bonchev–Trinajstić information content (AvgIpc) is 2.45. The minimum atomic E-state index is -1.35. The van der Waals surface area contributed by atoms with Gasteiger partial charge in [0.2, 0.25) is 0 Å². The zero-order chi connectivity index (χ0) is 15.3. The Morgan fingerprint density at radius 1 is 1.10 bits per heavy atom. The second-order valence-electron chi connectivity index (χ2n) is 4.33. The predicted octanol–water partition coefficient (Wildman–Crippen LogP) is 1.45. The normalized spacial score (nSPS) is 13.3. The van der Waals surface area contributed by atoms with E-state index in [-0.39, 0.29) is 6.61 Å². The van der Waals surface area contributed by atoms with Crippen molar-refractivity contribution in [1.29, 1.82) is 0 Å². The minimum Gasteiger partial charge on any atom is -0.496 e. The highest BCUT2D eigenvalue weighted by molar-refractivity contribution is 5.83. The van der Waals surface area contributed by atoms with Gasteiger partial charge in [-0.1, -0.05) is 0 Å². The Bertz CT molecular complexity index is 485. The Hall–Kier alpha value is -1.95. The Labute approximate surface area is 118 Å². The molecule has 0 spiro atoms. The summed E-state index contributed by atoms with van der Waals surface area (Å²) in [4.78, 5) is 12.0. The van der Waals surface area contributed by atoms with Gasteiger partial charge < -0.3 is 24.7 Å². The van der Waals surface area contributed by atoms with Gasteiger partial charge in [0.1, 0.15) is 11.3 Å². The van der Waals surface area contributed by atoms with E-state index in [4.69, 9.17) is 24.7 Å². The number of carbonyl (C=O) groups excluding carboxylic acids is 1. The van der Waals surface area contributed by atoms with Crippen LogP contribution in [0.4, 0.5) is 0 Å². The molecule has 0 aliphatic carbocycles. The first-order valence-electron chi connectivity index (χ1n) is 6.18. The summed E-state index contributed by atoms with van der Waals surface area (Å²) in [6.07, 6.45) is 0. The molecule has 0 saturated carbocycles. The third-order valence-corrected chi connectivity index (χ3v) is 2.96. The summed E-state index contributed by atoms with van der Waals surface area (Å²) < 4.78 is 20.7. The van der Waals surface area contributed by atoms with E-state index in [1.54, 1.807) is 26.0 Å². The molecule has 6 heteroatoms. The van der Waals surface area contributed by atoms with Crippen molar-refractivity contribution in [3.8, 4) is 17.2 Å². The fourth-order valence-corrected chi connectivity index (χ4v) is 1.83. The number of benzene rings is 1. The molecule has 0 amide bonds. The molecule has 20 heavy (non-hydrogen) atoms. The van der Waals surface area contributed by atoms with Crippen LogP contribution in [0.3, 0.4) is 0 Å². The van der Waals surface area contributed by atoms with E-state index in [0.717, 1.165) is 0 Å². The zero-order valence-corrected chi connectivity index (χ0v) is 12.5. The van der Waals surface area contributed by atoms with Crippen LogP contribution in [0.15, 0.2) is 12.1 Å². The number of nitrogens with two attached hydrogens (primary N) is 1. The van der Waals surface area contributed by atoms with Crippen molar-refractivity contribution >= 4 is 5.97 Å². The number of rotatable bonds is 6. The van der Waals surface area contributed by atoms with Gasteiger partial charge in [-0.05, 0) is 19.9 Å². The third-order valence-electron chi connectivity index (χ3n) is 2.96. The first kappa shape index (κ1) is 16.1. The number of carbonyl (C=O) groups is 1.